The summed E-state index contributed by atoms with van der Waals surface area (Å²) in [6.07, 6.45) is 1.42. The highest BCUT2D eigenvalue weighted by molar-refractivity contribution is 5.99. The Morgan fingerprint density at radius 2 is 1.83 bits per heavy atom. The van der Waals surface area contributed by atoms with Crippen molar-refractivity contribution in [1.29, 1.82) is 0 Å². The molecule has 2 N–H and O–H groups in total. The van der Waals surface area contributed by atoms with E-state index in [9.17, 15) is 24.5 Å². The van der Waals surface area contributed by atoms with Crippen LogP contribution in [-0.2, 0) is 19.1 Å². The van der Waals surface area contributed by atoms with Crippen molar-refractivity contribution < 1.29 is 24.0 Å². The molecular weight excluding hydrogens is 378 g/mol. The second kappa shape index (κ2) is 9.79. The van der Waals surface area contributed by atoms with Gasteiger partial charge in [0.25, 0.3) is 11.6 Å². The molecule has 2 aromatic carbocycles. The molecule has 0 saturated heterocycles. The molecule has 0 aliphatic carbocycles. The van der Waals surface area contributed by atoms with E-state index in [1.807, 2.05) is 0 Å². The third kappa shape index (κ3) is 6.58. The van der Waals surface area contributed by atoms with Gasteiger partial charge in [-0.05, 0) is 24.1 Å². The van der Waals surface area contributed by atoms with E-state index in [-0.39, 0.29) is 17.1 Å². The lowest BCUT2D eigenvalue weighted by atomic mass is 10.2. The number of aryl methyl sites for hydroxylation is 1. The normalized spacial score (nSPS) is 10.8. The number of amides is 2. The largest absolute Gasteiger partial charge is 0.451 e. The van der Waals surface area contributed by atoms with E-state index < -0.39 is 29.3 Å². The zero-order valence-electron chi connectivity index (χ0n) is 15.8. The summed E-state index contributed by atoms with van der Waals surface area (Å²) in [4.78, 5) is 46.0. The molecule has 0 bridgehead atoms. The molecule has 150 valence electrons. The number of carbonyl (C=O) groups is 3. The van der Waals surface area contributed by atoms with Crippen molar-refractivity contribution in [2.45, 2.75) is 13.8 Å². The summed E-state index contributed by atoms with van der Waals surface area (Å²) in [5.41, 5.74) is 1.20. The number of hydrogen-bond acceptors (Lipinski definition) is 6. The second-order valence-corrected chi connectivity index (χ2v) is 6.03. The number of anilines is 1. The molecule has 0 aromatic heterocycles. The molecule has 2 aromatic rings. The van der Waals surface area contributed by atoms with Crippen LogP contribution >= 0.6 is 0 Å². The molecule has 2 rings (SSSR count). The van der Waals surface area contributed by atoms with Crippen molar-refractivity contribution in [3.05, 3.63) is 75.5 Å². The highest BCUT2D eigenvalue weighted by atomic mass is 16.6. The zero-order valence-corrected chi connectivity index (χ0v) is 15.8. The van der Waals surface area contributed by atoms with E-state index in [4.69, 9.17) is 4.74 Å². The first kappa shape index (κ1) is 21.3. The number of non-ortho nitro benzene ring substituents is 1. The molecule has 0 spiro atoms. The number of benzene rings is 2. The number of carbonyl (C=O) groups excluding carboxylic acids is 3. The minimum atomic E-state index is -0.894. The summed E-state index contributed by atoms with van der Waals surface area (Å²) in [5, 5.41) is 15.7. The van der Waals surface area contributed by atoms with Gasteiger partial charge in [0.05, 0.1) is 10.6 Å². The fourth-order valence-electron chi connectivity index (χ4n) is 2.30. The molecule has 0 aliphatic rings. The van der Waals surface area contributed by atoms with Crippen molar-refractivity contribution in [2.24, 2.45) is 0 Å². The van der Waals surface area contributed by atoms with Crippen LogP contribution in [0.4, 0.5) is 11.4 Å². The van der Waals surface area contributed by atoms with Crippen LogP contribution in [-0.4, -0.2) is 29.3 Å². The van der Waals surface area contributed by atoms with E-state index >= 15 is 0 Å². The van der Waals surface area contributed by atoms with Gasteiger partial charge in [-0.25, -0.2) is 4.79 Å². The first-order valence-electron chi connectivity index (χ1n) is 8.52. The maximum absolute atomic E-state index is 12.3. The van der Waals surface area contributed by atoms with Crippen LogP contribution in [0.1, 0.15) is 18.1 Å². The average Bonchev–Trinajstić information content (AvgIpc) is 2.67. The average molecular weight is 397 g/mol. The minimum absolute atomic E-state index is 0.122. The SMILES string of the molecule is CC(=O)N/C(=C\c1ccccc1)C(=O)OCC(=O)Nc1cc([N+](=O)[O-])ccc1C. The highest BCUT2D eigenvalue weighted by Crippen LogP contribution is 2.21. The predicted octanol–water partition coefficient (Wildman–Crippen LogP) is 2.56. The van der Waals surface area contributed by atoms with Crippen LogP contribution in [0, 0.1) is 17.0 Å². The molecular formula is C20H19N3O6. The maximum Gasteiger partial charge on any atom is 0.355 e. The van der Waals surface area contributed by atoms with Crippen LogP contribution in [0.2, 0.25) is 0 Å². The highest BCUT2D eigenvalue weighted by Gasteiger charge is 2.16. The Balaban J connectivity index is 2.05. The van der Waals surface area contributed by atoms with Gasteiger partial charge in [-0.1, -0.05) is 36.4 Å². The summed E-state index contributed by atoms with van der Waals surface area (Å²) in [7, 11) is 0. The summed E-state index contributed by atoms with van der Waals surface area (Å²) in [6.45, 7) is 2.28. The molecule has 2 amide bonds. The summed E-state index contributed by atoms with van der Waals surface area (Å²) in [5.74, 6) is -2.04. The third-order valence-electron chi connectivity index (χ3n) is 3.68. The van der Waals surface area contributed by atoms with Crippen molar-refractivity contribution in [2.75, 3.05) is 11.9 Å². The molecule has 0 fully saturated rings. The lowest BCUT2D eigenvalue weighted by Gasteiger charge is -2.11. The summed E-state index contributed by atoms with van der Waals surface area (Å²) >= 11 is 0. The first-order valence-corrected chi connectivity index (χ1v) is 8.52. The smallest absolute Gasteiger partial charge is 0.355 e. The number of esters is 1. The van der Waals surface area contributed by atoms with Gasteiger partial charge in [0.1, 0.15) is 5.70 Å². The molecule has 0 unspecified atom stereocenters. The van der Waals surface area contributed by atoms with E-state index in [2.05, 4.69) is 10.6 Å². The Hall–Kier alpha value is -4.01. The van der Waals surface area contributed by atoms with Gasteiger partial charge in [0.15, 0.2) is 6.61 Å². The van der Waals surface area contributed by atoms with E-state index in [0.29, 0.717) is 11.1 Å². The number of rotatable bonds is 7. The number of nitro benzene ring substituents is 1. The molecule has 0 atom stereocenters. The Labute approximate surface area is 166 Å². The molecule has 9 nitrogen and oxygen atoms in total. The molecule has 0 saturated carbocycles. The quantitative estimate of drug-likeness (QED) is 0.320. The van der Waals surface area contributed by atoms with Gasteiger partial charge in [-0.3, -0.25) is 19.7 Å². The lowest BCUT2D eigenvalue weighted by molar-refractivity contribution is -0.384. The maximum atomic E-state index is 12.3. The molecule has 9 heteroatoms. The third-order valence-corrected chi connectivity index (χ3v) is 3.68. The van der Waals surface area contributed by atoms with Crippen LogP contribution in [0.25, 0.3) is 6.08 Å². The Kier molecular flexibility index (Phi) is 7.19. The van der Waals surface area contributed by atoms with Gasteiger partial charge in [0.2, 0.25) is 5.91 Å². The van der Waals surface area contributed by atoms with Crippen LogP contribution < -0.4 is 10.6 Å². The van der Waals surface area contributed by atoms with Crippen molar-refractivity contribution in [3.63, 3.8) is 0 Å². The van der Waals surface area contributed by atoms with Crippen LogP contribution in [0.5, 0.6) is 0 Å². The Bertz CT molecular complexity index is 969. The van der Waals surface area contributed by atoms with Gasteiger partial charge in [-0.15, -0.1) is 0 Å². The van der Waals surface area contributed by atoms with Gasteiger partial charge in [-0.2, -0.15) is 0 Å². The monoisotopic (exact) mass is 397 g/mol. The fourth-order valence-corrected chi connectivity index (χ4v) is 2.30. The molecule has 0 radical (unpaired) electrons. The fraction of sp³-hybridized carbons (Fsp3) is 0.150. The zero-order chi connectivity index (χ0) is 21.4. The summed E-state index contributed by atoms with van der Waals surface area (Å²) < 4.78 is 4.96. The lowest BCUT2D eigenvalue weighted by Crippen LogP contribution is -2.29. The van der Waals surface area contributed by atoms with E-state index in [0.717, 1.165) is 0 Å². The Morgan fingerprint density at radius 1 is 1.14 bits per heavy atom. The predicted molar refractivity (Wildman–Crippen MR) is 106 cm³/mol. The topological polar surface area (TPSA) is 128 Å². The number of ether oxygens (including phenoxy) is 1. The van der Waals surface area contributed by atoms with Gasteiger partial charge in [0, 0.05) is 19.1 Å². The number of nitrogens with zero attached hydrogens (tertiary/aromatic N) is 1. The van der Waals surface area contributed by atoms with E-state index in [1.54, 1.807) is 37.3 Å². The number of nitrogens with one attached hydrogen (secondary N) is 2. The molecule has 29 heavy (non-hydrogen) atoms. The number of nitro groups is 1. The summed E-state index contributed by atoms with van der Waals surface area (Å²) in [6, 6.07) is 12.8. The standard InChI is InChI=1S/C20H19N3O6/c1-13-8-9-16(23(27)28)11-17(13)22-19(25)12-29-20(26)18(21-14(2)24)10-15-6-4-3-5-7-15/h3-11H,12H2,1-2H3,(H,21,24)(H,22,25)/b18-10-. The van der Waals surface area contributed by atoms with Crippen molar-refractivity contribution in [1.82, 2.24) is 5.32 Å². The minimum Gasteiger partial charge on any atom is -0.451 e. The van der Waals surface area contributed by atoms with Crippen LogP contribution in [0.3, 0.4) is 0 Å². The molecule has 0 aliphatic heterocycles. The van der Waals surface area contributed by atoms with Crippen LogP contribution in [0.15, 0.2) is 54.2 Å². The number of hydrogen-bond donors (Lipinski definition) is 2. The van der Waals surface area contributed by atoms with Crippen molar-refractivity contribution in [3.8, 4) is 0 Å². The second-order valence-electron chi connectivity index (χ2n) is 6.03. The Morgan fingerprint density at radius 3 is 2.45 bits per heavy atom. The first-order chi connectivity index (χ1) is 13.8. The van der Waals surface area contributed by atoms with Gasteiger partial charge >= 0.3 is 5.97 Å². The molecule has 0 heterocycles. The van der Waals surface area contributed by atoms with Crippen molar-refractivity contribution >= 4 is 35.2 Å². The van der Waals surface area contributed by atoms with Gasteiger partial charge < -0.3 is 15.4 Å². The van der Waals surface area contributed by atoms with E-state index in [1.165, 1.54) is 31.2 Å².